The molecule has 1 saturated heterocycles. The number of anilines is 1. The number of nitrogens with one attached hydrogen (secondary N) is 2. The summed E-state index contributed by atoms with van der Waals surface area (Å²) in [6.07, 6.45) is 7.59. The smallest absolute Gasteiger partial charge is 0.270 e. The van der Waals surface area contributed by atoms with Gasteiger partial charge in [-0.1, -0.05) is 54.6 Å². The first-order chi connectivity index (χ1) is 19.2. The third-order valence-corrected chi connectivity index (χ3v) is 8.61. The molecule has 11 heteroatoms. The van der Waals surface area contributed by atoms with Gasteiger partial charge in [0.2, 0.25) is 10.0 Å². The van der Waals surface area contributed by atoms with Gasteiger partial charge < -0.3 is 10.2 Å². The van der Waals surface area contributed by atoms with E-state index in [0.717, 1.165) is 37.5 Å². The zero-order valence-corrected chi connectivity index (χ0v) is 22.9. The molecule has 6 rings (SSSR count). The molecule has 2 aromatic heterocycles. The van der Waals surface area contributed by atoms with Gasteiger partial charge in [-0.2, -0.15) is 9.61 Å². The Hall–Kier alpha value is -4.25. The molecular weight excluding hydrogens is 528 g/mol. The minimum absolute atomic E-state index is 0.00741. The number of likely N-dealkylation sites (tertiary alicyclic amines) is 1. The summed E-state index contributed by atoms with van der Waals surface area (Å²) in [4.78, 5) is 32.8. The number of hydrogen-bond donors (Lipinski definition) is 2. The number of aromatic nitrogens is 3. The fraction of sp³-hybridized carbons (Fsp3) is 0.310. The molecule has 1 fully saturated rings. The van der Waals surface area contributed by atoms with Gasteiger partial charge in [0.15, 0.2) is 5.65 Å². The summed E-state index contributed by atoms with van der Waals surface area (Å²) in [5, 5.41) is 7.64. The normalized spacial score (nSPS) is 16.2. The fourth-order valence-electron chi connectivity index (χ4n) is 6.01. The molecule has 3 heterocycles. The molecule has 0 bridgehead atoms. The maximum absolute atomic E-state index is 13.9. The number of carbonyl (C=O) groups excluding carboxylic acids is 2. The average molecular weight is 559 g/mol. The fourth-order valence-corrected chi connectivity index (χ4v) is 6.46. The number of carbonyl (C=O) groups is 2. The van der Waals surface area contributed by atoms with Crippen LogP contribution in [0.1, 0.15) is 56.7 Å². The van der Waals surface area contributed by atoms with E-state index < -0.39 is 15.9 Å². The minimum atomic E-state index is -3.78. The van der Waals surface area contributed by atoms with E-state index in [9.17, 15) is 18.0 Å². The van der Waals surface area contributed by atoms with Gasteiger partial charge in [-0.3, -0.25) is 9.59 Å². The highest BCUT2D eigenvalue weighted by Crippen LogP contribution is 2.46. The van der Waals surface area contributed by atoms with E-state index in [1.807, 2.05) is 40.0 Å². The van der Waals surface area contributed by atoms with Crippen molar-refractivity contribution in [2.24, 2.45) is 0 Å². The third-order valence-electron chi connectivity index (χ3n) is 8.05. The van der Waals surface area contributed by atoms with E-state index in [-0.39, 0.29) is 22.5 Å². The first kappa shape index (κ1) is 26.0. The summed E-state index contributed by atoms with van der Waals surface area (Å²) in [5.74, 6) is -0.608. The minimum Gasteiger partial charge on any atom is -0.365 e. The van der Waals surface area contributed by atoms with Crippen LogP contribution in [0.15, 0.2) is 67.0 Å². The number of amides is 2. The van der Waals surface area contributed by atoms with Crippen LogP contribution >= 0.6 is 0 Å². The standard InChI is InChI=1S/C29H30N6O4S/c1-40(38,39)33-27(36)22-19-32-35-25(22)31-18-23(26(35)30-17-20-7-3-2-4-8-20)28(37)34-15-13-29(14-16-34)12-11-21-9-5-6-10-24(21)29/h2-10,18-19,30H,11-17H2,1H3,(H,33,36). The summed E-state index contributed by atoms with van der Waals surface area (Å²) in [6, 6.07) is 18.3. The second-order valence-corrected chi connectivity index (χ2v) is 12.3. The highest BCUT2D eigenvalue weighted by molar-refractivity contribution is 7.89. The zero-order chi connectivity index (χ0) is 27.9. The lowest BCUT2D eigenvalue weighted by atomic mass is 9.74. The Bertz CT molecular complexity index is 1710. The SMILES string of the molecule is CS(=O)(=O)NC(=O)c1cnn2c(NCc3ccccc3)c(C(=O)N3CCC4(CCc5ccccc54)CC3)cnc12. The Morgan fingerprint density at radius 1 is 0.950 bits per heavy atom. The van der Waals surface area contributed by atoms with Crippen molar-refractivity contribution in [3.8, 4) is 0 Å². The summed E-state index contributed by atoms with van der Waals surface area (Å²) in [6.45, 7) is 1.67. The zero-order valence-electron chi connectivity index (χ0n) is 22.1. The Balaban J connectivity index is 1.30. The van der Waals surface area contributed by atoms with Crippen molar-refractivity contribution < 1.29 is 18.0 Å². The van der Waals surface area contributed by atoms with Gasteiger partial charge in [-0.15, -0.1) is 0 Å². The number of hydrogen-bond acceptors (Lipinski definition) is 7. The number of nitrogens with zero attached hydrogens (tertiary/aromatic N) is 4. The van der Waals surface area contributed by atoms with Crippen LogP contribution in [0, 0.1) is 0 Å². The predicted octanol–water partition coefficient (Wildman–Crippen LogP) is 3.15. The van der Waals surface area contributed by atoms with E-state index >= 15 is 0 Å². The van der Waals surface area contributed by atoms with E-state index in [2.05, 4.69) is 39.7 Å². The number of piperidine rings is 1. The summed E-state index contributed by atoms with van der Waals surface area (Å²) >= 11 is 0. The lowest BCUT2D eigenvalue weighted by molar-refractivity contribution is 0.0666. The molecular formula is C29H30N6O4S. The first-order valence-electron chi connectivity index (χ1n) is 13.3. The van der Waals surface area contributed by atoms with E-state index in [0.29, 0.717) is 31.0 Å². The molecule has 40 heavy (non-hydrogen) atoms. The number of benzene rings is 2. The summed E-state index contributed by atoms with van der Waals surface area (Å²) < 4.78 is 26.6. The molecule has 1 aliphatic heterocycles. The van der Waals surface area contributed by atoms with Crippen molar-refractivity contribution in [1.29, 1.82) is 0 Å². The van der Waals surface area contributed by atoms with Crippen LogP contribution in [0.3, 0.4) is 0 Å². The molecule has 0 saturated carbocycles. The van der Waals surface area contributed by atoms with Crippen LogP contribution in [0.2, 0.25) is 0 Å². The van der Waals surface area contributed by atoms with Crippen molar-refractivity contribution in [2.75, 3.05) is 24.7 Å². The Morgan fingerprint density at radius 2 is 1.68 bits per heavy atom. The number of aryl methyl sites for hydroxylation is 1. The maximum atomic E-state index is 13.9. The molecule has 206 valence electrons. The monoisotopic (exact) mass is 558 g/mol. The molecule has 2 N–H and O–H groups in total. The highest BCUT2D eigenvalue weighted by atomic mass is 32.2. The van der Waals surface area contributed by atoms with Gasteiger partial charge in [0.05, 0.1) is 12.5 Å². The molecule has 1 spiro atoms. The predicted molar refractivity (Wildman–Crippen MR) is 151 cm³/mol. The molecule has 2 amide bonds. The van der Waals surface area contributed by atoms with Gasteiger partial charge in [-0.05, 0) is 47.8 Å². The van der Waals surface area contributed by atoms with Crippen molar-refractivity contribution in [2.45, 2.75) is 37.6 Å². The van der Waals surface area contributed by atoms with Gasteiger partial charge in [0.25, 0.3) is 11.8 Å². The largest absolute Gasteiger partial charge is 0.365 e. The van der Waals surface area contributed by atoms with Crippen molar-refractivity contribution in [1.82, 2.24) is 24.2 Å². The molecule has 1 aliphatic carbocycles. The van der Waals surface area contributed by atoms with Crippen LogP contribution in [-0.4, -0.2) is 59.1 Å². The van der Waals surface area contributed by atoms with Crippen LogP contribution < -0.4 is 10.0 Å². The van der Waals surface area contributed by atoms with Gasteiger partial charge in [0.1, 0.15) is 16.9 Å². The average Bonchev–Trinajstić information content (AvgIpc) is 3.54. The quantitative estimate of drug-likeness (QED) is 0.372. The number of fused-ring (bicyclic) bond motifs is 3. The topological polar surface area (TPSA) is 126 Å². The second kappa shape index (κ2) is 10.1. The lowest BCUT2D eigenvalue weighted by Gasteiger charge is -2.40. The molecule has 0 radical (unpaired) electrons. The van der Waals surface area contributed by atoms with Gasteiger partial charge in [-0.25, -0.2) is 18.1 Å². The number of rotatable bonds is 6. The van der Waals surface area contributed by atoms with Crippen molar-refractivity contribution >= 4 is 33.3 Å². The van der Waals surface area contributed by atoms with Crippen molar-refractivity contribution in [3.05, 3.63) is 94.8 Å². The summed E-state index contributed by atoms with van der Waals surface area (Å²) in [7, 11) is -3.78. The van der Waals surface area contributed by atoms with E-state index in [4.69, 9.17) is 0 Å². The molecule has 0 atom stereocenters. The lowest BCUT2D eigenvalue weighted by Crippen LogP contribution is -2.44. The second-order valence-electron chi connectivity index (χ2n) is 10.6. The Morgan fingerprint density at radius 3 is 2.42 bits per heavy atom. The highest BCUT2D eigenvalue weighted by Gasteiger charge is 2.42. The van der Waals surface area contributed by atoms with E-state index in [1.165, 1.54) is 28.0 Å². The van der Waals surface area contributed by atoms with E-state index in [1.54, 1.807) is 0 Å². The number of sulfonamides is 1. The molecule has 2 aromatic carbocycles. The van der Waals surface area contributed by atoms with Crippen LogP contribution in [0.5, 0.6) is 0 Å². The third kappa shape index (κ3) is 4.81. The Labute approximate surface area is 232 Å². The molecule has 10 nitrogen and oxygen atoms in total. The Kier molecular flexibility index (Phi) is 6.53. The van der Waals surface area contributed by atoms with Gasteiger partial charge in [0, 0.05) is 25.8 Å². The molecule has 2 aliphatic rings. The molecule has 4 aromatic rings. The van der Waals surface area contributed by atoms with Gasteiger partial charge >= 0.3 is 0 Å². The van der Waals surface area contributed by atoms with Crippen LogP contribution in [0.4, 0.5) is 5.82 Å². The van der Waals surface area contributed by atoms with Crippen molar-refractivity contribution in [3.63, 3.8) is 0 Å². The summed E-state index contributed by atoms with van der Waals surface area (Å²) in [5.41, 5.74) is 4.43. The first-order valence-corrected chi connectivity index (χ1v) is 15.2. The van der Waals surface area contributed by atoms with Crippen LogP contribution in [-0.2, 0) is 28.4 Å². The maximum Gasteiger partial charge on any atom is 0.270 e. The molecule has 0 unspecified atom stereocenters. The van der Waals surface area contributed by atoms with Crippen LogP contribution in [0.25, 0.3) is 5.65 Å².